The molecule has 1 aromatic heterocycles. The Labute approximate surface area is 208 Å². The molecule has 2 aromatic rings. The first-order valence-electron chi connectivity index (χ1n) is 11.4. The zero-order valence-electron chi connectivity index (χ0n) is 19.6. The molecule has 9 heteroatoms. The second kappa shape index (κ2) is 13.7. The molecule has 32 heavy (non-hydrogen) atoms. The number of aliphatic imine (C=N–C) groups is 1. The number of hydrogen-bond donors (Lipinski definition) is 2. The van der Waals surface area contributed by atoms with Gasteiger partial charge in [-0.05, 0) is 46.1 Å². The van der Waals surface area contributed by atoms with Crippen molar-refractivity contribution >= 4 is 29.9 Å². The highest BCUT2D eigenvalue weighted by molar-refractivity contribution is 14.0. The number of rotatable bonds is 9. The molecule has 3 rings (SSSR count). The molecule has 0 aliphatic carbocycles. The van der Waals surface area contributed by atoms with E-state index in [0.29, 0.717) is 37.0 Å². The number of benzene rings is 1. The Hall–Kier alpha value is -1.72. The average Bonchev–Trinajstić information content (AvgIpc) is 3.28. The molecular weight excluding hydrogens is 519 g/mol. The Morgan fingerprint density at radius 3 is 2.59 bits per heavy atom. The van der Waals surface area contributed by atoms with E-state index in [1.807, 2.05) is 13.8 Å². The van der Waals surface area contributed by atoms with Crippen molar-refractivity contribution in [3.8, 4) is 0 Å². The SMILES string of the molecule is CCNC(=NCc1nc(C(C)OCC)no1)NC1CCN(C(C)c2ccccc2)CC1.I. The Kier molecular flexibility index (Phi) is 11.4. The van der Waals surface area contributed by atoms with Gasteiger partial charge in [0.25, 0.3) is 0 Å². The molecule has 1 fully saturated rings. The average molecular weight is 556 g/mol. The van der Waals surface area contributed by atoms with Crippen LogP contribution < -0.4 is 10.6 Å². The first-order valence-corrected chi connectivity index (χ1v) is 11.4. The number of halogens is 1. The van der Waals surface area contributed by atoms with Crippen LogP contribution in [0.5, 0.6) is 0 Å². The summed E-state index contributed by atoms with van der Waals surface area (Å²) in [5, 5.41) is 10.9. The molecule has 0 bridgehead atoms. The third kappa shape index (κ3) is 7.70. The molecule has 1 aliphatic heterocycles. The molecule has 2 heterocycles. The predicted molar refractivity (Wildman–Crippen MR) is 137 cm³/mol. The van der Waals surface area contributed by atoms with E-state index < -0.39 is 0 Å². The van der Waals surface area contributed by atoms with E-state index in [2.05, 4.69) is 74.8 Å². The Morgan fingerprint density at radius 2 is 1.94 bits per heavy atom. The number of piperidine rings is 1. The van der Waals surface area contributed by atoms with E-state index in [0.717, 1.165) is 38.4 Å². The van der Waals surface area contributed by atoms with Crippen LogP contribution in [-0.2, 0) is 11.3 Å². The maximum Gasteiger partial charge on any atom is 0.248 e. The van der Waals surface area contributed by atoms with Crippen LogP contribution in [0.1, 0.15) is 70.0 Å². The number of ether oxygens (including phenoxy) is 1. The summed E-state index contributed by atoms with van der Waals surface area (Å²) in [5.41, 5.74) is 1.38. The number of nitrogens with one attached hydrogen (secondary N) is 2. The van der Waals surface area contributed by atoms with Crippen LogP contribution in [0.2, 0.25) is 0 Å². The predicted octanol–water partition coefficient (Wildman–Crippen LogP) is 4.07. The van der Waals surface area contributed by atoms with E-state index in [4.69, 9.17) is 9.26 Å². The van der Waals surface area contributed by atoms with Crippen molar-refractivity contribution in [1.29, 1.82) is 0 Å². The Morgan fingerprint density at radius 1 is 1.22 bits per heavy atom. The number of guanidine groups is 1. The highest BCUT2D eigenvalue weighted by Crippen LogP contribution is 2.24. The van der Waals surface area contributed by atoms with Crippen LogP contribution in [0.15, 0.2) is 39.8 Å². The minimum Gasteiger partial charge on any atom is -0.371 e. The van der Waals surface area contributed by atoms with Crippen molar-refractivity contribution in [2.45, 2.75) is 65.3 Å². The quantitative estimate of drug-likeness (QED) is 0.274. The van der Waals surface area contributed by atoms with Crippen molar-refractivity contribution < 1.29 is 9.26 Å². The zero-order valence-corrected chi connectivity index (χ0v) is 21.9. The molecule has 2 N–H and O–H groups in total. The summed E-state index contributed by atoms with van der Waals surface area (Å²) in [6, 6.07) is 11.6. The van der Waals surface area contributed by atoms with Gasteiger partial charge in [-0.3, -0.25) is 4.90 Å². The standard InChI is InChI=1S/C23H36N6O2.HI/c1-5-24-23(25-16-21-27-22(28-31-21)18(4)30-6-2)26-20-12-14-29(15-13-20)17(3)19-10-8-7-9-11-19;/h7-11,17-18,20H,5-6,12-16H2,1-4H3,(H2,24,25,26);1H. The molecule has 0 spiro atoms. The molecule has 0 amide bonds. The van der Waals surface area contributed by atoms with E-state index in [1.54, 1.807) is 0 Å². The van der Waals surface area contributed by atoms with Gasteiger partial charge < -0.3 is 19.9 Å². The lowest BCUT2D eigenvalue weighted by molar-refractivity contribution is 0.0683. The van der Waals surface area contributed by atoms with E-state index in [1.165, 1.54) is 5.56 Å². The van der Waals surface area contributed by atoms with Crippen LogP contribution >= 0.6 is 24.0 Å². The number of nitrogens with zero attached hydrogens (tertiary/aromatic N) is 4. The van der Waals surface area contributed by atoms with Gasteiger partial charge in [0.15, 0.2) is 11.8 Å². The molecule has 0 saturated carbocycles. The molecular formula is C23H37IN6O2. The van der Waals surface area contributed by atoms with Gasteiger partial charge in [-0.1, -0.05) is 35.5 Å². The van der Waals surface area contributed by atoms with Crippen molar-refractivity contribution in [1.82, 2.24) is 25.7 Å². The van der Waals surface area contributed by atoms with Crippen LogP contribution in [0.25, 0.3) is 0 Å². The molecule has 2 unspecified atom stereocenters. The summed E-state index contributed by atoms with van der Waals surface area (Å²) in [5.74, 6) is 1.84. The van der Waals surface area contributed by atoms with E-state index in [-0.39, 0.29) is 30.1 Å². The van der Waals surface area contributed by atoms with Crippen molar-refractivity contribution in [2.24, 2.45) is 4.99 Å². The van der Waals surface area contributed by atoms with Crippen LogP contribution in [-0.4, -0.2) is 53.3 Å². The number of aromatic nitrogens is 2. The topological polar surface area (TPSA) is 87.8 Å². The summed E-state index contributed by atoms with van der Waals surface area (Å²) in [6.07, 6.45) is 1.98. The Bertz CT molecular complexity index is 808. The minimum absolute atomic E-state index is 0. The van der Waals surface area contributed by atoms with Gasteiger partial charge in [0.2, 0.25) is 5.89 Å². The monoisotopic (exact) mass is 556 g/mol. The largest absolute Gasteiger partial charge is 0.371 e. The summed E-state index contributed by atoms with van der Waals surface area (Å²) < 4.78 is 10.8. The van der Waals surface area contributed by atoms with Gasteiger partial charge in [0.05, 0.1) is 0 Å². The van der Waals surface area contributed by atoms with E-state index in [9.17, 15) is 0 Å². The van der Waals surface area contributed by atoms with Gasteiger partial charge in [-0.15, -0.1) is 24.0 Å². The molecule has 1 saturated heterocycles. The van der Waals surface area contributed by atoms with Gasteiger partial charge >= 0.3 is 0 Å². The molecule has 1 aromatic carbocycles. The van der Waals surface area contributed by atoms with Crippen molar-refractivity contribution in [2.75, 3.05) is 26.2 Å². The fraction of sp³-hybridized carbons (Fsp3) is 0.609. The molecule has 2 atom stereocenters. The van der Waals surface area contributed by atoms with Crippen LogP contribution in [0.3, 0.4) is 0 Å². The van der Waals surface area contributed by atoms with Crippen LogP contribution in [0.4, 0.5) is 0 Å². The highest BCUT2D eigenvalue weighted by atomic mass is 127. The highest BCUT2D eigenvalue weighted by Gasteiger charge is 2.24. The zero-order chi connectivity index (χ0) is 22.1. The van der Waals surface area contributed by atoms with Gasteiger partial charge in [-0.2, -0.15) is 4.98 Å². The second-order valence-electron chi connectivity index (χ2n) is 7.88. The lowest BCUT2D eigenvalue weighted by Gasteiger charge is -2.37. The first kappa shape index (κ1) is 26.5. The first-order chi connectivity index (χ1) is 15.1. The number of likely N-dealkylation sites (tertiary alicyclic amines) is 1. The van der Waals surface area contributed by atoms with Crippen molar-refractivity contribution in [3.63, 3.8) is 0 Å². The molecule has 0 radical (unpaired) electrons. The minimum atomic E-state index is -0.179. The third-order valence-corrected chi connectivity index (χ3v) is 5.68. The number of hydrogen-bond acceptors (Lipinski definition) is 6. The van der Waals surface area contributed by atoms with Gasteiger partial charge in [0, 0.05) is 38.3 Å². The normalized spacial score (nSPS) is 17.4. The van der Waals surface area contributed by atoms with Gasteiger partial charge in [0.1, 0.15) is 12.6 Å². The summed E-state index contributed by atoms with van der Waals surface area (Å²) in [6.45, 7) is 12.1. The van der Waals surface area contributed by atoms with E-state index >= 15 is 0 Å². The van der Waals surface area contributed by atoms with Crippen LogP contribution in [0, 0.1) is 0 Å². The maximum absolute atomic E-state index is 5.51. The fourth-order valence-corrected chi connectivity index (χ4v) is 3.86. The second-order valence-corrected chi connectivity index (χ2v) is 7.88. The molecule has 1 aliphatic rings. The maximum atomic E-state index is 5.51. The summed E-state index contributed by atoms with van der Waals surface area (Å²) >= 11 is 0. The Balaban J connectivity index is 0.00000363. The van der Waals surface area contributed by atoms with Crippen molar-refractivity contribution in [3.05, 3.63) is 47.6 Å². The summed E-state index contributed by atoms with van der Waals surface area (Å²) in [7, 11) is 0. The lowest BCUT2D eigenvalue weighted by Crippen LogP contribution is -2.49. The fourth-order valence-electron chi connectivity index (χ4n) is 3.86. The smallest absolute Gasteiger partial charge is 0.248 e. The third-order valence-electron chi connectivity index (χ3n) is 5.68. The molecule has 8 nitrogen and oxygen atoms in total. The molecule has 178 valence electrons. The summed E-state index contributed by atoms with van der Waals surface area (Å²) in [4.78, 5) is 11.6. The van der Waals surface area contributed by atoms with Gasteiger partial charge in [-0.25, -0.2) is 4.99 Å². The lowest BCUT2D eigenvalue weighted by atomic mass is 10.0.